The second-order valence-corrected chi connectivity index (χ2v) is 2.72. The Balaban J connectivity index is 0.000000461. The van der Waals surface area contributed by atoms with Crippen LogP contribution in [0.15, 0.2) is 4.99 Å². The summed E-state index contributed by atoms with van der Waals surface area (Å²) < 4.78 is 0. The summed E-state index contributed by atoms with van der Waals surface area (Å²) in [4.78, 5) is 4.22. The molecular weight excluding hydrogens is 178 g/mol. The van der Waals surface area contributed by atoms with Crippen LogP contribution in [-0.2, 0) is 0 Å². The van der Waals surface area contributed by atoms with Gasteiger partial charge < -0.3 is 5.32 Å². The van der Waals surface area contributed by atoms with E-state index in [1.807, 2.05) is 27.8 Å². The summed E-state index contributed by atoms with van der Waals surface area (Å²) in [6, 6.07) is 0. The molecule has 1 atom stereocenters. The SMILES string of the molecule is CC.CNC1N=CNc2n[nH]c(C)c21. The molecule has 0 saturated heterocycles. The van der Waals surface area contributed by atoms with Crippen molar-refractivity contribution in [3.63, 3.8) is 0 Å². The van der Waals surface area contributed by atoms with Gasteiger partial charge in [-0.3, -0.25) is 15.4 Å². The Morgan fingerprint density at radius 1 is 1.43 bits per heavy atom. The lowest BCUT2D eigenvalue weighted by molar-refractivity contribution is 0.622. The van der Waals surface area contributed by atoms with Gasteiger partial charge in [-0.05, 0) is 14.0 Å². The normalized spacial score (nSPS) is 17.9. The van der Waals surface area contributed by atoms with Crippen LogP contribution in [0.3, 0.4) is 0 Å². The zero-order chi connectivity index (χ0) is 10.6. The average molecular weight is 195 g/mol. The minimum atomic E-state index is 0.0278. The number of anilines is 1. The molecule has 1 aliphatic heterocycles. The van der Waals surface area contributed by atoms with Gasteiger partial charge in [0.25, 0.3) is 0 Å². The third-order valence-corrected chi connectivity index (χ3v) is 1.97. The third kappa shape index (κ3) is 1.77. The maximum Gasteiger partial charge on any atom is 0.159 e. The second-order valence-electron chi connectivity index (χ2n) is 2.72. The van der Waals surface area contributed by atoms with Crippen molar-refractivity contribution in [2.75, 3.05) is 12.4 Å². The molecule has 0 aromatic carbocycles. The van der Waals surface area contributed by atoms with Crippen molar-refractivity contribution in [1.82, 2.24) is 15.5 Å². The minimum absolute atomic E-state index is 0.0278. The molecule has 0 aliphatic carbocycles. The molecular formula is C9H17N5. The summed E-state index contributed by atoms with van der Waals surface area (Å²) in [5, 5.41) is 13.1. The number of fused-ring (bicyclic) bond motifs is 1. The van der Waals surface area contributed by atoms with Crippen molar-refractivity contribution in [2.45, 2.75) is 26.9 Å². The topological polar surface area (TPSA) is 65.1 Å². The first-order valence-electron chi connectivity index (χ1n) is 4.83. The van der Waals surface area contributed by atoms with Crippen molar-refractivity contribution in [2.24, 2.45) is 4.99 Å². The Morgan fingerprint density at radius 3 is 2.79 bits per heavy atom. The molecule has 5 nitrogen and oxygen atoms in total. The Bertz CT molecular complexity index is 315. The first-order valence-corrected chi connectivity index (χ1v) is 4.83. The summed E-state index contributed by atoms with van der Waals surface area (Å²) in [7, 11) is 1.88. The van der Waals surface area contributed by atoms with Crippen LogP contribution in [0.4, 0.5) is 5.82 Å². The van der Waals surface area contributed by atoms with Crippen LogP contribution in [0.5, 0.6) is 0 Å². The molecule has 0 radical (unpaired) electrons. The van der Waals surface area contributed by atoms with E-state index in [0.717, 1.165) is 17.1 Å². The average Bonchev–Trinajstić information content (AvgIpc) is 2.64. The van der Waals surface area contributed by atoms with Crippen LogP contribution in [-0.4, -0.2) is 23.6 Å². The number of nitrogens with one attached hydrogen (secondary N) is 3. The van der Waals surface area contributed by atoms with E-state index >= 15 is 0 Å². The number of aromatic nitrogens is 2. The van der Waals surface area contributed by atoms with Gasteiger partial charge in [0.1, 0.15) is 6.17 Å². The highest BCUT2D eigenvalue weighted by atomic mass is 15.2. The lowest BCUT2D eigenvalue weighted by Crippen LogP contribution is -2.20. The maximum absolute atomic E-state index is 4.22. The van der Waals surface area contributed by atoms with Crippen LogP contribution in [0.25, 0.3) is 0 Å². The molecule has 3 N–H and O–H groups in total. The molecule has 5 heteroatoms. The van der Waals surface area contributed by atoms with E-state index in [2.05, 4.69) is 25.8 Å². The third-order valence-electron chi connectivity index (χ3n) is 1.97. The molecule has 1 unspecified atom stereocenters. The van der Waals surface area contributed by atoms with Gasteiger partial charge in [-0.2, -0.15) is 5.10 Å². The zero-order valence-electron chi connectivity index (χ0n) is 9.05. The number of aryl methyl sites for hydroxylation is 1. The fourth-order valence-electron chi connectivity index (χ4n) is 1.35. The maximum atomic E-state index is 4.22. The van der Waals surface area contributed by atoms with Crippen LogP contribution in [0, 0.1) is 6.92 Å². The van der Waals surface area contributed by atoms with Crippen molar-refractivity contribution >= 4 is 12.2 Å². The largest absolute Gasteiger partial charge is 0.330 e. The fourth-order valence-corrected chi connectivity index (χ4v) is 1.35. The molecule has 14 heavy (non-hydrogen) atoms. The highest BCUT2D eigenvalue weighted by Crippen LogP contribution is 2.26. The monoisotopic (exact) mass is 195 g/mol. The Hall–Kier alpha value is -1.36. The van der Waals surface area contributed by atoms with Gasteiger partial charge in [0.15, 0.2) is 5.82 Å². The molecule has 78 valence electrons. The van der Waals surface area contributed by atoms with E-state index in [9.17, 15) is 0 Å². The first-order chi connectivity index (χ1) is 6.83. The lowest BCUT2D eigenvalue weighted by atomic mass is 10.2. The smallest absolute Gasteiger partial charge is 0.159 e. The molecule has 2 rings (SSSR count). The van der Waals surface area contributed by atoms with Gasteiger partial charge in [0.2, 0.25) is 0 Å². The van der Waals surface area contributed by atoms with E-state index in [-0.39, 0.29) is 6.17 Å². The minimum Gasteiger partial charge on any atom is -0.330 e. The summed E-state index contributed by atoms with van der Waals surface area (Å²) in [5.41, 5.74) is 2.15. The van der Waals surface area contributed by atoms with Gasteiger partial charge in [-0.15, -0.1) is 0 Å². The zero-order valence-corrected chi connectivity index (χ0v) is 9.05. The number of hydrogen-bond acceptors (Lipinski definition) is 4. The molecule has 1 aromatic rings. The standard InChI is InChI=1S/C7H11N5.C2H6/c1-4-5-6(8-2)9-3-10-7(5)12-11-4;1-2/h3,6,8H,1-2H3,(H2,9,10,11,12);1-2H3. The Kier molecular flexibility index (Phi) is 3.64. The molecule has 2 heterocycles. The van der Waals surface area contributed by atoms with Crippen LogP contribution < -0.4 is 10.6 Å². The van der Waals surface area contributed by atoms with Gasteiger partial charge in [0, 0.05) is 5.69 Å². The number of hydrogen-bond donors (Lipinski definition) is 3. The highest BCUT2D eigenvalue weighted by molar-refractivity contribution is 5.78. The molecule has 1 aromatic heterocycles. The number of H-pyrrole nitrogens is 1. The van der Waals surface area contributed by atoms with E-state index in [4.69, 9.17) is 0 Å². The summed E-state index contributed by atoms with van der Waals surface area (Å²) in [6.07, 6.45) is 1.68. The predicted octanol–water partition coefficient (Wildman–Crippen LogP) is 1.42. The molecule has 0 amide bonds. The fraction of sp³-hybridized carbons (Fsp3) is 0.556. The second kappa shape index (κ2) is 4.76. The van der Waals surface area contributed by atoms with Gasteiger partial charge >= 0.3 is 0 Å². The van der Waals surface area contributed by atoms with E-state index in [1.165, 1.54) is 0 Å². The summed E-state index contributed by atoms with van der Waals surface area (Å²) in [6.45, 7) is 5.98. The van der Waals surface area contributed by atoms with Gasteiger partial charge in [0.05, 0.1) is 11.9 Å². The molecule has 0 spiro atoms. The van der Waals surface area contributed by atoms with Crippen molar-refractivity contribution in [3.8, 4) is 0 Å². The van der Waals surface area contributed by atoms with Crippen LogP contribution in [0.1, 0.15) is 31.3 Å². The number of aliphatic imine (C=N–C) groups is 1. The predicted molar refractivity (Wildman–Crippen MR) is 58.6 cm³/mol. The summed E-state index contributed by atoms with van der Waals surface area (Å²) >= 11 is 0. The Labute approximate surface area is 84.0 Å². The van der Waals surface area contributed by atoms with Crippen LogP contribution in [0.2, 0.25) is 0 Å². The molecule has 0 fully saturated rings. The van der Waals surface area contributed by atoms with Crippen molar-refractivity contribution in [3.05, 3.63) is 11.3 Å². The highest BCUT2D eigenvalue weighted by Gasteiger charge is 2.20. The van der Waals surface area contributed by atoms with Gasteiger partial charge in [-0.25, -0.2) is 0 Å². The number of aromatic amines is 1. The van der Waals surface area contributed by atoms with Crippen LogP contribution >= 0.6 is 0 Å². The van der Waals surface area contributed by atoms with Crippen molar-refractivity contribution < 1.29 is 0 Å². The van der Waals surface area contributed by atoms with E-state index in [0.29, 0.717) is 0 Å². The van der Waals surface area contributed by atoms with Crippen molar-refractivity contribution in [1.29, 1.82) is 0 Å². The molecule has 1 aliphatic rings. The lowest BCUT2D eigenvalue weighted by Gasteiger charge is -2.16. The number of rotatable bonds is 1. The molecule has 0 bridgehead atoms. The van der Waals surface area contributed by atoms with Gasteiger partial charge in [-0.1, -0.05) is 13.8 Å². The Morgan fingerprint density at radius 2 is 2.14 bits per heavy atom. The molecule has 0 saturated carbocycles. The quantitative estimate of drug-likeness (QED) is 0.635. The van der Waals surface area contributed by atoms with E-state index in [1.54, 1.807) is 6.34 Å². The first kappa shape index (κ1) is 10.7. The number of nitrogens with zero attached hydrogens (tertiary/aromatic N) is 2. The van der Waals surface area contributed by atoms with E-state index < -0.39 is 0 Å². The summed E-state index contributed by atoms with van der Waals surface area (Å²) in [5.74, 6) is 0.863.